The molecule has 11 heteroatoms. The second-order valence-electron chi connectivity index (χ2n) is 10.8. The summed E-state index contributed by atoms with van der Waals surface area (Å²) in [5.41, 5.74) is -0.465. The van der Waals surface area contributed by atoms with E-state index in [-0.39, 0.29) is 48.2 Å². The van der Waals surface area contributed by atoms with Gasteiger partial charge in [0.2, 0.25) is 0 Å². The Bertz CT molecular complexity index is 1270. The zero-order chi connectivity index (χ0) is 29.0. The summed E-state index contributed by atoms with van der Waals surface area (Å²) in [6, 6.07) is 9.03. The summed E-state index contributed by atoms with van der Waals surface area (Å²) in [6.07, 6.45) is -11.4. The molecule has 2 saturated heterocycles. The van der Waals surface area contributed by atoms with Gasteiger partial charge in [0.05, 0.1) is 23.8 Å². The van der Waals surface area contributed by atoms with Crippen molar-refractivity contribution in [1.82, 2.24) is 4.90 Å². The van der Waals surface area contributed by atoms with Crippen molar-refractivity contribution >= 4 is 5.78 Å². The van der Waals surface area contributed by atoms with E-state index in [9.17, 15) is 36.2 Å². The van der Waals surface area contributed by atoms with Gasteiger partial charge in [0.25, 0.3) is 0 Å². The Balaban J connectivity index is 1.46. The molecule has 2 fully saturated rings. The molecule has 6 atom stereocenters. The summed E-state index contributed by atoms with van der Waals surface area (Å²) < 4.78 is 93.1. The number of nitrogens with zero attached hydrogens (tertiary/aromatic N) is 1. The third kappa shape index (κ3) is 5.64. The van der Waals surface area contributed by atoms with Crippen molar-refractivity contribution < 1.29 is 45.7 Å². The van der Waals surface area contributed by atoms with Crippen LogP contribution in [0.15, 0.2) is 54.2 Å². The molecule has 2 aromatic carbocycles. The van der Waals surface area contributed by atoms with Crippen molar-refractivity contribution in [3.63, 3.8) is 0 Å². The van der Waals surface area contributed by atoms with E-state index in [2.05, 4.69) is 0 Å². The normalized spacial score (nSPS) is 28.0. The number of benzene rings is 2. The Morgan fingerprint density at radius 3 is 2.25 bits per heavy atom. The molecule has 0 unspecified atom stereocenters. The molecule has 2 aliphatic heterocycles. The van der Waals surface area contributed by atoms with Crippen molar-refractivity contribution in [3.8, 4) is 0 Å². The smallest absolute Gasteiger partial charge is 0.385 e. The van der Waals surface area contributed by atoms with E-state index in [0.29, 0.717) is 25.2 Å². The Labute approximate surface area is 227 Å². The fraction of sp³-hybridized carbons (Fsp3) is 0.483. The summed E-state index contributed by atoms with van der Waals surface area (Å²) in [5, 5.41) is 9.93. The second kappa shape index (κ2) is 10.5. The minimum atomic E-state index is -4.97. The molecule has 0 spiro atoms. The number of aliphatic hydroxyl groups is 1. The number of ether oxygens (including phenoxy) is 2. The first-order valence-electron chi connectivity index (χ1n) is 13.0. The van der Waals surface area contributed by atoms with Gasteiger partial charge in [-0.05, 0) is 54.7 Å². The number of halogens is 6. The monoisotopic (exact) mass is 569 g/mol. The van der Waals surface area contributed by atoms with Gasteiger partial charge >= 0.3 is 12.4 Å². The molecular formula is C29H29F6NO4. The lowest BCUT2D eigenvalue weighted by molar-refractivity contribution is -0.217. The van der Waals surface area contributed by atoms with Gasteiger partial charge in [0.1, 0.15) is 6.10 Å². The SMILES string of the molecule is Cc1ccccc1[C@@H]1[C@@H](O[C@H](C)c2cc(C(F)(F)F)cc(C(F)(F)F)c2)OC[C@@H]2CN(C3=CC(=O)[C@@H](O)C3)C[C@H]21. The molecule has 40 heavy (non-hydrogen) atoms. The molecule has 0 aromatic heterocycles. The quantitative estimate of drug-likeness (QED) is 0.447. The number of aryl methyl sites for hydroxylation is 1. The van der Waals surface area contributed by atoms with Crippen LogP contribution in [-0.2, 0) is 26.6 Å². The van der Waals surface area contributed by atoms with Crippen LogP contribution in [0.4, 0.5) is 26.3 Å². The number of carbonyl (C=O) groups excluding carboxylic acids is 1. The van der Waals surface area contributed by atoms with E-state index in [1.54, 1.807) is 0 Å². The van der Waals surface area contributed by atoms with E-state index >= 15 is 0 Å². The zero-order valence-electron chi connectivity index (χ0n) is 21.8. The van der Waals surface area contributed by atoms with Crippen LogP contribution in [0.1, 0.15) is 53.2 Å². The number of hydrogen-bond acceptors (Lipinski definition) is 5. The van der Waals surface area contributed by atoms with Gasteiger partial charge in [0, 0.05) is 43.1 Å². The van der Waals surface area contributed by atoms with Crippen LogP contribution in [0.5, 0.6) is 0 Å². The minimum Gasteiger partial charge on any atom is -0.385 e. The van der Waals surface area contributed by atoms with Gasteiger partial charge < -0.3 is 19.5 Å². The predicted molar refractivity (Wildman–Crippen MR) is 132 cm³/mol. The summed E-state index contributed by atoms with van der Waals surface area (Å²) >= 11 is 0. The second-order valence-corrected chi connectivity index (χ2v) is 10.8. The number of fused-ring (bicyclic) bond motifs is 1. The Morgan fingerprint density at radius 2 is 1.68 bits per heavy atom. The fourth-order valence-electron chi connectivity index (χ4n) is 6.03. The lowest BCUT2D eigenvalue weighted by Gasteiger charge is -2.41. The molecule has 2 heterocycles. The highest BCUT2D eigenvalue weighted by molar-refractivity contribution is 5.96. The van der Waals surface area contributed by atoms with Crippen LogP contribution < -0.4 is 0 Å². The van der Waals surface area contributed by atoms with E-state index in [0.717, 1.165) is 16.8 Å². The maximum absolute atomic E-state index is 13.5. The maximum atomic E-state index is 13.5. The molecule has 216 valence electrons. The lowest BCUT2D eigenvalue weighted by Crippen LogP contribution is -2.42. The highest BCUT2D eigenvalue weighted by atomic mass is 19.4. The van der Waals surface area contributed by atoms with Gasteiger partial charge in [-0.1, -0.05) is 24.3 Å². The van der Waals surface area contributed by atoms with Gasteiger partial charge in [-0.3, -0.25) is 4.79 Å². The van der Waals surface area contributed by atoms with Gasteiger partial charge in [0.15, 0.2) is 12.1 Å². The van der Waals surface area contributed by atoms with Crippen molar-refractivity contribution in [2.45, 2.75) is 57.0 Å². The van der Waals surface area contributed by atoms with Crippen LogP contribution in [-0.4, -0.2) is 47.9 Å². The van der Waals surface area contributed by atoms with E-state index < -0.39 is 42.0 Å². The number of likely N-dealkylation sites (tertiary alicyclic amines) is 1. The molecule has 1 N–H and O–H groups in total. The van der Waals surface area contributed by atoms with Crippen LogP contribution in [0.3, 0.4) is 0 Å². The number of carbonyl (C=O) groups is 1. The molecule has 0 radical (unpaired) electrons. The molecule has 0 bridgehead atoms. The summed E-state index contributed by atoms with van der Waals surface area (Å²) in [4.78, 5) is 14.0. The first kappa shape index (κ1) is 28.6. The van der Waals surface area contributed by atoms with E-state index in [1.807, 2.05) is 36.1 Å². The average molecular weight is 570 g/mol. The van der Waals surface area contributed by atoms with Crippen molar-refractivity contribution in [3.05, 3.63) is 82.1 Å². The lowest BCUT2D eigenvalue weighted by atomic mass is 9.76. The van der Waals surface area contributed by atoms with Gasteiger partial charge in [-0.15, -0.1) is 0 Å². The van der Waals surface area contributed by atoms with Crippen LogP contribution in [0, 0.1) is 18.8 Å². The zero-order valence-corrected chi connectivity index (χ0v) is 21.8. The van der Waals surface area contributed by atoms with Crippen molar-refractivity contribution in [2.24, 2.45) is 11.8 Å². The Morgan fingerprint density at radius 1 is 1.02 bits per heavy atom. The topological polar surface area (TPSA) is 59.0 Å². The summed E-state index contributed by atoms with van der Waals surface area (Å²) in [5.74, 6) is -0.708. The minimum absolute atomic E-state index is 0.0342. The molecule has 3 aliphatic rings. The predicted octanol–water partition coefficient (Wildman–Crippen LogP) is 6.02. The van der Waals surface area contributed by atoms with E-state index in [4.69, 9.17) is 9.47 Å². The van der Waals surface area contributed by atoms with E-state index in [1.165, 1.54) is 13.0 Å². The van der Waals surface area contributed by atoms with Crippen molar-refractivity contribution in [1.29, 1.82) is 0 Å². The van der Waals surface area contributed by atoms with Crippen molar-refractivity contribution in [2.75, 3.05) is 19.7 Å². The van der Waals surface area contributed by atoms with Crippen LogP contribution in [0.25, 0.3) is 0 Å². The molecule has 5 nitrogen and oxygen atoms in total. The maximum Gasteiger partial charge on any atom is 0.416 e. The Hall–Kier alpha value is -2.89. The summed E-state index contributed by atoms with van der Waals surface area (Å²) in [7, 11) is 0. The molecular weight excluding hydrogens is 540 g/mol. The third-order valence-corrected chi connectivity index (χ3v) is 8.13. The molecule has 2 aromatic rings. The van der Waals surface area contributed by atoms with Gasteiger partial charge in [-0.25, -0.2) is 0 Å². The fourth-order valence-corrected chi connectivity index (χ4v) is 6.03. The molecule has 1 aliphatic carbocycles. The standard InChI is InChI=1S/C29H29F6NO4/c1-15-5-3-4-6-22(15)26-23-13-36(21-10-24(37)25(38)11-21)12-18(23)14-39-27(26)40-16(2)17-7-19(28(30,31)32)9-20(8-17)29(33,34)35/h3-10,16,18,23,25-27,38H,11-14H2,1-2H3/t16-,18+,23-,25+,26+,27-/m1/s1. The highest BCUT2D eigenvalue weighted by Gasteiger charge is 2.48. The molecule has 5 rings (SSSR count). The largest absolute Gasteiger partial charge is 0.416 e. The van der Waals surface area contributed by atoms with Gasteiger partial charge in [-0.2, -0.15) is 26.3 Å². The van der Waals surface area contributed by atoms with Crippen LogP contribution in [0.2, 0.25) is 0 Å². The average Bonchev–Trinajstić information content (AvgIpc) is 3.46. The summed E-state index contributed by atoms with van der Waals surface area (Å²) in [6.45, 7) is 4.72. The number of alkyl halides is 6. The molecule has 0 saturated carbocycles. The first-order chi connectivity index (χ1) is 18.7. The number of hydrogen-bond donors (Lipinski definition) is 1. The number of aliphatic hydroxyl groups excluding tert-OH is 1. The number of ketones is 1. The number of rotatable bonds is 5. The first-order valence-corrected chi connectivity index (χ1v) is 13.0. The molecule has 0 amide bonds. The highest BCUT2D eigenvalue weighted by Crippen LogP contribution is 2.47. The Kier molecular flexibility index (Phi) is 7.52. The third-order valence-electron chi connectivity index (χ3n) is 8.13. The van der Waals surface area contributed by atoms with Crippen LogP contribution >= 0.6 is 0 Å².